The summed E-state index contributed by atoms with van der Waals surface area (Å²) < 4.78 is 2.05. The Labute approximate surface area is 137 Å². The number of aromatic nitrogens is 2. The molecule has 3 rings (SSSR count). The van der Waals surface area contributed by atoms with E-state index in [-0.39, 0.29) is 5.91 Å². The van der Waals surface area contributed by atoms with Crippen molar-refractivity contribution in [1.29, 1.82) is 0 Å². The second-order valence-electron chi connectivity index (χ2n) is 6.24. The van der Waals surface area contributed by atoms with E-state index in [4.69, 9.17) is 0 Å². The molecular formula is C18H24N4O. The number of aryl methyl sites for hydroxylation is 1. The smallest absolute Gasteiger partial charge is 0.251 e. The fourth-order valence-corrected chi connectivity index (χ4v) is 3.04. The predicted octanol–water partition coefficient (Wildman–Crippen LogP) is 2.26. The minimum atomic E-state index is -0.0312. The highest BCUT2D eigenvalue weighted by Gasteiger charge is 2.14. The van der Waals surface area contributed by atoms with Crippen molar-refractivity contribution in [1.82, 2.24) is 15.1 Å². The first-order valence-electron chi connectivity index (χ1n) is 8.24. The predicted molar refractivity (Wildman–Crippen MR) is 92.0 cm³/mol. The molecule has 23 heavy (non-hydrogen) atoms. The minimum absolute atomic E-state index is 0.0312. The quantitative estimate of drug-likeness (QED) is 0.921. The fourth-order valence-electron chi connectivity index (χ4n) is 3.04. The summed E-state index contributed by atoms with van der Waals surface area (Å²) in [5, 5.41) is 7.44. The summed E-state index contributed by atoms with van der Waals surface area (Å²) in [6.07, 6.45) is 6.73. The Hall–Kier alpha value is -2.30. The zero-order valence-electron chi connectivity index (χ0n) is 13.9. The van der Waals surface area contributed by atoms with Crippen LogP contribution in [0.4, 0.5) is 5.69 Å². The first-order chi connectivity index (χ1) is 11.1. The van der Waals surface area contributed by atoms with E-state index in [1.807, 2.05) is 54.1 Å². The van der Waals surface area contributed by atoms with E-state index < -0.39 is 0 Å². The van der Waals surface area contributed by atoms with E-state index >= 15 is 0 Å². The summed E-state index contributed by atoms with van der Waals surface area (Å²) in [5.41, 5.74) is 4.51. The molecule has 122 valence electrons. The van der Waals surface area contributed by atoms with E-state index in [1.165, 1.54) is 24.1 Å². The fraction of sp³-hybridized carbons (Fsp3) is 0.444. The van der Waals surface area contributed by atoms with Gasteiger partial charge in [0.1, 0.15) is 0 Å². The van der Waals surface area contributed by atoms with Crippen LogP contribution in [0.5, 0.6) is 0 Å². The highest BCUT2D eigenvalue weighted by molar-refractivity contribution is 5.94. The van der Waals surface area contributed by atoms with Crippen molar-refractivity contribution < 1.29 is 4.79 Å². The summed E-state index contributed by atoms with van der Waals surface area (Å²) in [7, 11) is 3.97. The lowest BCUT2D eigenvalue weighted by Crippen LogP contribution is -2.28. The normalized spacial score (nSPS) is 13.5. The van der Waals surface area contributed by atoms with E-state index in [9.17, 15) is 4.79 Å². The van der Waals surface area contributed by atoms with Crippen molar-refractivity contribution in [2.24, 2.45) is 0 Å². The Morgan fingerprint density at radius 2 is 1.96 bits per heavy atom. The number of hydrogen-bond donors (Lipinski definition) is 1. The molecule has 1 aromatic carbocycles. The lowest BCUT2D eigenvalue weighted by atomic mass is 9.98. The highest BCUT2D eigenvalue weighted by Crippen LogP contribution is 2.20. The van der Waals surface area contributed by atoms with Crippen LogP contribution >= 0.6 is 0 Å². The lowest BCUT2D eigenvalue weighted by molar-refractivity contribution is 0.0952. The van der Waals surface area contributed by atoms with Crippen LogP contribution in [0.25, 0.3) is 0 Å². The number of nitrogens with one attached hydrogen (secondary N) is 1. The molecular weight excluding hydrogens is 288 g/mol. The van der Waals surface area contributed by atoms with Crippen LogP contribution in [-0.4, -0.2) is 36.3 Å². The SMILES string of the molecule is CN(C)c1ccc(C(=O)NCCn2ncc3c2CCCC3)cc1. The highest BCUT2D eigenvalue weighted by atomic mass is 16.1. The van der Waals surface area contributed by atoms with E-state index in [2.05, 4.69) is 10.4 Å². The summed E-state index contributed by atoms with van der Waals surface area (Å²) in [5.74, 6) is -0.0312. The molecule has 2 aromatic rings. The van der Waals surface area contributed by atoms with Gasteiger partial charge in [0, 0.05) is 37.6 Å². The van der Waals surface area contributed by atoms with Gasteiger partial charge < -0.3 is 10.2 Å². The monoisotopic (exact) mass is 312 g/mol. The van der Waals surface area contributed by atoms with Gasteiger partial charge in [-0.2, -0.15) is 5.10 Å². The molecule has 0 saturated carbocycles. The van der Waals surface area contributed by atoms with Gasteiger partial charge in [-0.25, -0.2) is 0 Å². The van der Waals surface area contributed by atoms with Gasteiger partial charge in [-0.1, -0.05) is 0 Å². The molecule has 0 bridgehead atoms. The van der Waals surface area contributed by atoms with Crippen LogP contribution in [0, 0.1) is 0 Å². The Bertz CT molecular complexity index is 673. The first kappa shape index (κ1) is 15.6. The molecule has 1 heterocycles. The number of rotatable bonds is 5. The molecule has 5 nitrogen and oxygen atoms in total. The molecule has 0 radical (unpaired) electrons. The van der Waals surface area contributed by atoms with Gasteiger partial charge in [0.25, 0.3) is 5.91 Å². The van der Waals surface area contributed by atoms with Gasteiger partial charge in [0.05, 0.1) is 12.7 Å². The molecule has 0 fully saturated rings. The minimum Gasteiger partial charge on any atom is -0.378 e. The van der Waals surface area contributed by atoms with Gasteiger partial charge in [-0.05, 0) is 55.5 Å². The third-order valence-corrected chi connectivity index (χ3v) is 4.40. The number of amides is 1. The van der Waals surface area contributed by atoms with Crippen molar-refractivity contribution in [2.75, 3.05) is 25.5 Å². The maximum absolute atomic E-state index is 12.2. The molecule has 0 atom stereocenters. The molecule has 0 aliphatic heterocycles. The third kappa shape index (κ3) is 3.55. The number of carbonyl (C=O) groups is 1. The van der Waals surface area contributed by atoms with Crippen molar-refractivity contribution in [3.63, 3.8) is 0 Å². The molecule has 1 N–H and O–H groups in total. The van der Waals surface area contributed by atoms with Gasteiger partial charge in [0.2, 0.25) is 0 Å². The van der Waals surface area contributed by atoms with Crippen molar-refractivity contribution in [3.05, 3.63) is 47.3 Å². The Kier molecular flexibility index (Phi) is 4.65. The average molecular weight is 312 g/mol. The van der Waals surface area contributed by atoms with E-state index in [0.29, 0.717) is 12.1 Å². The molecule has 1 aromatic heterocycles. The number of benzene rings is 1. The summed E-state index contributed by atoms with van der Waals surface area (Å²) in [6, 6.07) is 7.64. The number of hydrogen-bond acceptors (Lipinski definition) is 3. The van der Waals surface area contributed by atoms with Crippen LogP contribution in [0.15, 0.2) is 30.5 Å². The zero-order chi connectivity index (χ0) is 16.2. The number of carbonyl (C=O) groups excluding carboxylic acids is 1. The van der Waals surface area contributed by atoms with E-state index in [1.54, 1.807) is 0 Å². The summed E-state index contributed by atoms with van der Waals surface area (Å²) in [6.45, 7) is 1.33. The topological polar surface area (TPSA) is 50.2 Å². The van der Waals surface area contributed by atoms with E-state index in [0.717, 1.165) is 25.1 Å². The standard InChI is InChI=1S/C18H24N4O/c1-21(2)16-9-7-14(8-10-16)18(23)19-11-12-22-17-6-4-3-5-15(17)13-20-22/h7-10,13H,3-6,11-12H2,1-2H3,(H,19,23). The molecule has 0 saturated heterocycles. The van der Waals surface area contributed by atoms with Crippen molar-refractivity contribution in [3.8, 4) is 0 Å². The second kappa shape index (κ2) is 6.86. The number of anilines is 1. The first-order valence-corrected chi connectivity index (χ1v) is 8.24. The van der Waals surface area contributed by atoms with Gasteiger partial charge in [0.15, 0.2) is 0 Å². The van der Waals surface area contributed by atoms with Gasteiger partial charge >= 0.3 is 0 Å². The maximum Gasteiger partial charge on any atom is 0.251 e. The Morgan fingerprint density at radius 3 is 2.70 bits per heavy atom. The summed E-state index contributed by atoms with van der Waals surface area (Å²) in [4.78, 5) is 14.2. The average Bonchev–Trinajstić information content (AvgIpc) is 2.98. The molecule has 1 aliphatic rings. The van der Waals surface area contributed by atoms with Crippen molar-refractivity contribution >= 4 is 11.6 Å². The Balaban J connectivity index is 1.54. The summed E-state index contributed by atoms with van der Waals surface area (Å²) >= 11 is 0. The van der Waals surface area contributed by atoms with Crippen molar-refractivity contribution in [2.45, 2.75) is 32.2 Å². The van der Waals surface area contributed by atoms with Gasteiger partial charge in [-0.15, -0.1) is 0 Å². The largest absolute Gasteiger partial charge is 0.378 e. The van der Waals surface area contributed by atoms with Crippen LogP contribution in [-0.2, 0) is 19.4 Å². The maximum atomic E-state index is 12.2. The molecule has 5 heteroatoms. The zero-order valence-corrected chi connectivity index (χ0v) is 13.9. The molecule has 1 amide bonds. The van der Waals surface area contributed by atoms with Crippen LogP contribution in [0.1, 0.15) is 34.5 Å². The van der Waals surface area contributed by atoms with Crippen LogP contribution in [0.2, 0.25) is 0 Å². The molecule has 0 unspecified atom stereocenters. The Morgan fingerprint density at radius 1 is 1.22 bits per heavy atom. The van der Waals surface area contributed by atoms with Gasteiger partial charge in [-0.3, -0.25) is 9.48 Å². The third-order valence-electron chi connectivity index (χ3n) is 4.40. The lowest BCUT2D eigenvalue weighted by Gasteiger charge is -2.14. The second-order valence-corrected chi connectivity index (χ2v) is 6.24. The molecule has 1 aliphatic carbocycles. The van der Waals surface area contributed by atoms with Crippen LogP contribution < -0.4 is 10.2 Å². The molecule has 0 spiro atoms. The van der Waals surface area contributed by atoms with Crippen LogP contribution in [0.3, 0.4) is 0 Å². The number of nitrogens with zero attached hydrogens (tertiary/aromatic N) is 3. The number of fused-ring (bicyclic) bond motifs is 1.